The zero-order valence-corrected chi connectivity index (χ0v) is 22.9. The summed E-state index contributed by atoms with van der Waals surface area (Å²) in [5, 5.41) is 4.85. The molecule has 10 nitrogen and oxygen atoms in total. The van der Waals surface area contributed by atoms with Crippen LogP contribution < -0.4 is 24.8 Å². The van der Waals surface area contributed by atoms with E-state index in [0.29, 0.717) is 34.2 Å². The Kier molecular flexibility index (Phi) is 9.07. The summed E-state index contributed by atoms with van der Waals surface area (Å²) in [6.45, 7) is 1.28. The number of hydrogen-bond acceptors (Lipinski definition) is 8. The Morgan fingerprint density at radius 1 is 0.875 bits per heavy atom. The van der Waals surface area contributed by atoms with Crippen molar-refractivity contribution in [2.75, 3.05) is 38.0 Å². The monoisotopic (exact) mass is 561 g/mol. The van der Waals surface area contributed by atoms with Gasteiger partial charge in [-0.15, -0.1) is 0 Å². The number of hydrogen-bond donors (Lipinski definition) is 2. The van der Waals surface area contributed by atoms with Crippen molar-refractivity contribution in [3.8, 4) is 17.2 Å². The number of para-hydroxylation sites is 2. The highest BCUT2D eigenvalue weighted by molar-refractivity contribution is 8.18. The summed E-state index contributed by atoms with van der Waals surface area (Å²) < 4.78 is 16.2. The first-order valence-electron chi connectivity index (χ1n) is 12.1. The lowest BCUT2D eigenvalue weighted by Crippen LogP contribution is -2.36. The molecular weight excluding hydrogens is 534 g/mol. The number of anilines is 2. The van der Waals surface area contributed by atoms with Crippen LogP contribution in [-0.2, 0) is 14.4 Å². The molecule has 206 valence electrons. The average molecular weight is 562 g/mol. The third-order valence-corrected chi connectivity index (χ3v) is 6.64. The van der Waals surface area contributed by atoms with Crippen molar-refractivity contribution in [1.82, 2.24) is 4.90 Å². The molecule has 11 heteroatoms. The van der Waals surface area contributed by atoms with Gasteiger partial charge < -0.3 is 24.8 Å². The molecule has 3 aromatic rings. The van der Waals surface area contributed by atoms with E-state index in [2.05, 4.69) is 10.6 Å². The van der Waals surface area contributed by atoms with Gasteiger partial charge in [0.1, 0.15) is 12.3 Å². The van der Waals surface area contributed by atoms with Crippen molar-refractivity contribution in [3.63, 3.8) is 0 Å². The van der Waals surface area contributed by atoms with Crippen molar-refractivity contribution in [3.05, 3.63) is 82.8 Å². The lowest BCUT2D eigenvalue weighted by molar-refractivity contribution is -0.127. The van der Waals surface area contributed by atoms with E-state index in [1.54, 1.807) is 54.6 Å². The van der Waals surface area contributed by atoms with Gasteiger partial charge in [-0.1, -0.05) is 35.9 Å². The van der Waals surface area contributed by atoms with E-state index in [9.17, 15) is 19.2 Å². The second kappa shape index (κ2) is 12.9. The lowest BCUT2D eigenvalue weighted by atomic mass is 10.2. The van der Waals surface area contributed by atoms with Gasteiger partial charge in [0.05, 0.1) is 24.8 Å². The predicted octanol–water partition coefficient (Wildman–Crippen LogP) is 4.70. The van der Waals surface area contributed by atoms with Gasteiger partial charge in [0.15, 0.2) is 18.1 Å². The number of aryl methyl sites for hydroxylation is 1. The SMILES string of the molecule is COc1ccccc1NC(=O)CN1C(=O)S/C(=C/c2ccc(OCC(=O)Nc3ccc(C)cc3)c(OC)c2)C1=O. The number of benzene rings is 3. The molecule has 0 aromatic heterocycles. The van der Waals surface area contributed by atoms with Gasteiger partial charge in [0.25, 0.3) is 17.1 Å². The van der Waals surface area contributed by atoms with Crippen molar-refractivity contribution < 1.29 is 33.4 Å². The maximum absolute atomic E-state index is 12.9. The molecular formula is C29H27N3O7S. The molecule has 0 bridgehead atoms. The van der Waals surface area contributed by atoms with Crippen LogP contribution in [0, 0.1) is 6.92 Å². The Labute approximate surface area is 235 Å². The maximum Gasteiger partial charge on any atom is 0.294 e. The molecule has 1 heterocycles. The number of methoxy groups -OCH3 is 2. The smallest absolute Gasteiger partial charge is 0.294 e. The van der Waals surface area contributed by atoms with Crippen molar-refractivity contribution >= 4 is 52.2 Å². The Hall–Kier alpha value is -4.77. The van der Waals surface area contributed by atoms with Crippen LogP contribution in [0.25, 0.3) is 6.08 Å². The number of amides is 4. The van der Waals surface area contributed by atoms with Gasteiger partial charge in [-0.2, -0.15) is 0 Å². The highest BCUT2D eigenvalue weighted by Gasteiger charge is 2.36. The van der Waals surface area contributed by atoms with Crippen molar-refractivity contribution in [1.29, 1.82) is 0 Å². The summed E-state index contributed by atoms with van der Waals surface area (Å²) in [4.78, 5) is 51.3. The Balaban J connectivity index is 1.38. The van der Waals surface area contributed by atoms with Crippen LogP contribution in [0.5, 0.6) is 17.2 Å². The molecule has 4 rings (SSSR count). The second-order valence-electron chi connectivity index (χ2n) is 8.63. The summed E-state index contributed by atoms with van der Waals surface area (Å²) in [7, 11) is 2.93. The summed E-state index contributed by atoms with van der Waals surface area (Å²) in [5.41, 5.74) is 2.74. The van der Waals surface area contributed by atoms with Crippen LogP contribution in [0.4, 0.5) is 16.2 Å². The van der Waals surface area contributed by atoms with Gasteiger partial charge in [0, 0.05) is 5.69 Å². The first-order chi connectivity index (χ1) is 19.3. The van der Waals surface area contributed by atoms with Crippen LogP contribution in [0.2, 0.25) is 0 Å². The first-order valence-corrected chi connectivity index (χ1v) is 12.9. The molecule has 0 saturated carbocycles. The fourth-order valence-corrected chi connectivity index (χ4v) is 4.58. The zero-order chi connectivity index (χ0) is 28.6. The van der Waals surface area contributed by atoms with E-state index in [1.807, 2.05) is 19.1 Å². The van der Waals surface area contributed by atoms with Crippen LogP contribution in [0.15, 0.2) is 71.6 Å². The van der Waals surface area contributed by atoms with Gasteiger partial charge in [-0.25, -0.2) is 0 Å². The van der Waals surface area contributed by atoms with E-state index in [0.717, 1.165) is 22.2 Å². The number of rotatable bonds is 10. The number of nitrogens with one attached hydrogen (secondary N) is 2. The van der Waals surface area contributed by atoms with E-state index in [4.69, 9.17) is 14.2 Å². The standard InChI is InChI=1S/C29H27N3O7S/c1-18-8-11-20(12-9-18)30-27(34)17-39-23-13-10-19(14-24(23)38-3)15-25-28(35)32(29(36)40-25)16-26(33)31-21-6-4-5-7-22(21)37-2/h4-15H,16-17H2,1-3H3,(H,30,34)(H,31,33)/b25-15+. The number of nitrogens with zero attached hydrogens (tertiary/aromatic N) is 1. The molecule has 0 aliphatic carbocycles. The summed E-state index contributed by atoms with van der Waals surface area (Å²) in [5.74, 6) is -0.330. The molecule has 0 unspecified atom stereocenters. The minimum atomic E-state index is -0.586. The Morgan fingerprint density at radius 2 is 1.60 bits per heavy atom. The molecule has 1 fully saturated rings. The molecule has 0 atom stereocenters. The van der Waals surface area contributed by atoms with E-state index in [-0.39, 0.29) is 17.4 Å². The molecule has 4 amide bonds. The third kappa shape index (κ3) is 7.00. The molecule has 1 saturated heterocycles. The fraction of sp³-hybridized carbons (Fsp3) is 0.172. The zero-order valence-electron chi connectivity index (χ0n) is 22.1. The predicted molar refractivity (Wildman–Crippen MR) is 153 cm³/mol. The van der Waals surface area contributed by atoms with Gasteiger partial charge in [-0.05, 0) is 66.7 Å². The minimum Gasteiger partial charge on any atom is -0.495 e. The average Bonchev–Trinajstić information content (AvgIpc) is 3.20. The third-order valence-electron chi connectivity index (χ3n) is 5.74. The van der Waals surface area contributed by atoms with Crippen molar-refractivity contribution in [2.24, 2.45) is 0 Å². The topological polar surface area (TPSA) is 123 Å². The van der Waals surface area contributed by atoms with Gasteiger partial charge in [0.2, 0.25) is 5.91 Å². The van der Waals surface area contributed by atoms with E-state index < -0.39 is 23.6 Å². The highest BCUT2D eigenvalue weighted by atomic mass is 32.2. The molecule has 0 spiro atoms. The van der Waals surface area contributed by atoms with Crippen LogP contribution >= 0.6 is 11.8 Å². The van der Waals surface area contributed by atoms with Gasteiger partial charge in [-0.3, -0.25) is 24.1 Å². The normalized spacial score (nSPS) is 13.8. The maximum atomic E-state index is 12.9. The molecule has 2 N–H and O–H groups in total. The summed E-state index contributed by atoms with van der Waals surface area (Å²) >= 11 is 0.735. The Bertz CT molecular complexity index is 1470. The number of thioether (sulfide) groups is 1. The molecule has 1 aliphatic rings. The molecule has 1 aliphatic heterocycles. The quantitative estimate of drug-likeness (QED) is 0.342. The van der Waals surface area contributed by atoms with Crippen LogP contribution in [-0.4, -0.2) is 55.2 Å². The summed E-state index contributed by atoms with van der Waals surface area (Å²) in [6, 6.07) is 19.1. The fourth-order valence-electron chi connectivity index (χ4n) is 3.74. The number of carbonyl (C=O) groups excluding carboxylic acids is 4. The van der Waals surface area contributed by atoms with E-state index in [1.165, 1.54) is 20.3 Å². The van der Waals surface area contributed by atoms with E-state index >= 15 is 0 Å². The lowest BCUT2D eigenvalue weighted by Gasteiger charge is -2.14. The largest absolute Gasteiger partial charge is 0.495 e. The van der Waals surface area contributed by atoms with Crippen LogP contribution in [0.3, 0.4) is 0 Å². The number of imide groups is 1. The molecule has 40 heavy (non-hydrogen) atoms. The Morgan fingerprint density at radius 3 is 2.33 bits per heavy atom. The number of ether oxygens (including phenoxy) is 3. The van der Waals surface area contributed by atoms with Crippen molar-refractivity contribution in [2.45, 2.75) is 6.92 Å². The minimum absolute atomic E-state index is 0.156. The second-order valence-corrected chi connectivity index (χ2v) is 9.62. The van der Waals surface area contributed by atoms with Crippen LogP contribution in [0.1, 0.15) is 11.1 Å². The summed E-state index contributed by atoms with van der Waals surface area (Å²) in [6.07, 6.45) is 1.53. The molecule has 0 radical (unpaired) electrons. The molecule has 3 aromatic carbocycles. The number of carbonyl (C=O) groups is 4. The highest BCUT2D eigenvalue weighted by Crippen LogP contribution is 2.34. The van der Waals surface area contributed by atoms with Gasteiger partial charge >= 0.3 is 0 Å². The first kappa shape index (κ1) is 28.2.